The van der Waals surface area contributed by atoms with Crippen LogP contribution in [0.25, 0.3) is 0 Å². The summed E-state index contributed by atoms with van der Waals surface area (Å²) in [5.41, 5.74) is 2.52. The zero-order valence-corrected chi connectivity index (χ0v) is 19.0. The Hall–Kier alpha value is -2.48. The van der Waals surface area contributed by atoms with Gasteiger partial charge in [-0.1, -0.05) is 19.3 Å². The van der Waals surface area contributed by atoms with Crippen molar-refractivity contribution in [2.75, 3.05) is 7.11 Å². The highest BCUT2D eigenvalue weighted by Gasteiger charge is 2.27. The van der Waals surface area contributed by atoms with Crippen LogP contribution in [0.2, 0.25) is 0 Å². The average Bonchev–Trinajstić information content (AvgIpc) is 3.17. The molecule has 2 aromatic rings. The van der Waals surface area contributed by atoms with E-state index in [1.165, 1.54) is 24.5 Å². The maximum Gasteiger partial charge on any atom is 0.387 e. The molecule has 1 fully saturated rings. The number of fused-ring (bicyclic) bond motifs is 1. The normalized spacial score (nSPS) is 16.9. The third kappa shape index (κ3) is 5.28. The average molecular weight is 463 g/mol. The number of hydrogen-bond donors (Lipinski definition) is 1. The first-order chi connectivity index (χ1) is 15.5. The summed E-state index contributed by atoms with van der Waals surface area (Å²) >= 11 is 1.58. The van der Waals surface area contributed by atoms with E-state index in [1.54, 1.807) is 29.7 Å². The molecule has 1 heterocycles. The highest BCUT2D eigenvalue weighted by molar-refractivity contribution is 7.16. The Morgan fingerprint density at radius 3 is 2.69 bits per heavy atom. The number of nitrogens with one attached hydrogen (secondary N) is 1. The molecule has 0 atom stereocenters. The highest BCUT2D eigenvalue weighted by Crippen LogP contribution is 2.40. The molecule has 32 heavy (non-hydrogen) atoms. The van der Waals surface area contributed by atoms with Crippen molar-refractivity contribution in [3.63, 3.8) is 0 Å². The van der Waals surface area contributed by atoms with Crippen molar-refractivity contribution in [3.05, 3.63) is 39.8 Å². The van der Waals surface area contributed by atoms with Crippen molar-refractivity contribution in [2.24, 2.45) is 4.99 Å². The molecule has 0 unspecified atom stereocenters. The number of nitrogens with zero attached hydrogens (tertiary/aromatic N) is 1. The molecule has 4 rings (SSSR count). The van der Waals surface area contributed by atoms with Crippen molar-refractivity contribution in [1.29, 1.82) is 0 Å². The van der Waals surface area contributed by atoms with Crippen LogP contribution in [0, 0.1) is 0 Å². The van der Waals surface area contributed by atoms with Crippen LogP contribution in [0.4, 0.5) is 13.8 Å². The number of hydrogen-bond acceptors (Lipinski definition) is 5. The SMILES string of the molecule is COc1cc(C=Nc2sc3c(c2C(=O)NC2CCCCC2)CCCC3)ccc1OC(F)F. The number of alkyl halides is 2. The molecule has 172 valence electrons. The summed E-state index contributed by atoms with van der Waals surface area (Å²) in [6.07, 6.45) is 11.4. The van der Waals surface area contributed by atoms with Crippen LogP contribution in [0.15, 0.2) is 23.2 Å². The molecule has 8 heteroatoms. The number of aryl methyl sites for hydroxylation is 1. The Balaban J connectivity index is 1.59. The van der Waals surface area contributed by atoms with Gasteiger partial charge in [-0.15, -0.1) is 11.3 Å². The van der Waals surface area contributed by atoms with Crippen LogP contribution in [0.1, 0.15) is 71.3 Å². The van der Waals surface area contributed by atoms with Crippen molar-refractivity contribution in [2.45, 2.75) is 70.4 Å². The lowest BCUT2D eigenvalue weighted by Gasteiger charge is -2.23. The Labute approximate surface area is 190 Å². The van der Waals surface area contributed by atoms with Gasteiger partial charge in [0.2, 0.25) is 0 Å². The number of thiophene rings is 1. The lowest BCUT2D eigenvalue weighted by atomic mass is 9.93. The zero-order valence-electron chi connectivity index (χ0n) is 18.2. The van der Waals surface area contributed by atoms with E-state index >= 15 is 0 Å². The smallest absolute Gasteiger partial charge is 0.387 e. The molecule has 1 aromatic heterocycles. The molecule has 1 aromatic carbocycles. The van der Waals surface area contributed by atoms with Crippen LogP contribution < -0.4 is 14.8 Å². The van der Waals surface area contributed by atoms with Gasteiger partial charge in [-0.05, 0) is 67.9 Å². The number of carbonyl (C=O) groups excluding carboxylic acids is 1. The molecule has 2 aliphatic rings. The van der Waals surface area contributed by atoms with E-state index < -0.39 is 6.61 Å². The Morgan fingerprint density at radius 2 is 1.94 bits per heavy atom. The molecule has 0 spiro atoms. The van der Waals surface area contributed by atoms with Crippen LogP contribution in [0.3, 0.4) is 0 Å². The van der Waals surface area contributed by atoms with Gasteiger partial charge in [-0.25, -0.2) is 4.99 Å². The summed E-state index contributed by atoms with van der Waals surface area (Å²) in [5, 5.41) is 3.95. The monoisotopic (exact) mass is 462 g/mol. The summed E-state index contributed by atoms with van der Waals surface area (Å²) in [4.78, 5) is 19.1. The number of benzene rings is 1. The second-order valence-electron chi connectivity index (χ2n) is 8.25. The number of aliphatic imine (C=N–C) groups is 1. The van der Waals surface area contributed by atoms with Gasteiger partial charge < -0.3 is 14.8 Å². The molecular weight excluding hydrogens is 434 g/mol. The molecule has 0 aliphatic heterocycles. The standard InChI is InChI=1S/C24H28F2N2O3S/c1-30-19-13-15(11-12-18(19)31-24(25)26)14-27-23-21(17-9-5-6-10-20(17)32-23)22(29)28-16-7-3-2-4-8-16/h11-14,16,24H,2-10H2,1H3,(H,28,29). The number of carbonyl (C=O) groups is 1. The van der Waals surface area contributed by atoms with Crippen molar-refractivity contribution in [1.82, 2.24) is 5.32 Å². The summed E-state index contributed by atoms with van der Waals surface area (Å²) < 4.78 is 34.8. The summed E-state index contributed by atoms with van der Waals surface area (Å²) in [6, 6.07) is 4.90. The fourth-order valence-corrected chi connectivity index (χ4v) is 5.70. The maximum absolute atomic E-state index is 13.2. The Bertz CT molecular complexity index is 984. The van der Waals surface area contributed by atoms with Crippen molar-refractivity contribution < 1.29 is 23.0 Å². The lowest BCUT2D eigenvalue weighted by Crippen LogP contribution is -2.36. The predicted molar refractivity (Wildman–Crippen MR) is 122 cm³/mol. The van der Waals surface area contributed by atoms with Crippen LogP contribution in [0.5, 0.6) is 11.5 Å². The number of rotatable bonds is 7. The van der Waals surface area contributed by atoms with Gasteiger partial charge in [0, 0.05) is 17.1 Å². The number of ether oxygens (including phenoxy) is 2. The summed E-state index contributed by atoms with van der Waals surface area (Å²) in [6.45, 7) is -2.92. The van der Waals surface area contributed by atoms with E-state index in [1.807, 2.05) is 0 Å². The maximum atomic E-state index is 13.2. The zero-order chi connectivity index (χ0) is 22.5. The van der Waals surface area contributed by atoms with Gasteiger partial charge in [-0.2, -0.15) is 8.78 Å². The second-order valence-corrected chi connectivity index (χ2v) is 9.33. The third-order valence-electron chi connectivity index (χ3n) is 6.05. The number of halogens is 2. The third-order valence-corrected chi connectivity index (χ3v) is 7.25. The lowest BCUT2D eigenvalue weighted by molar-refractivity contribution is -0.0512. The van der Waals surface area contributed by atoms with Crippen molar-refractivity contribution in [3.8, 4) is 11.5 Å². The van der Waals surface area contributed by atoms with Gasteiger partial charge in [0.25, 0.3) is 5.91 Å². The Morgan fingerprint density at radius 1 is 1.16 bits per heavy atom. The molecule has 1 saturated carbocycles. The Kier molecular flexibility index (Phi) is 7.40. The second kappa shape index (κ2) is 10.4. The molecule has 5 nitrogen and oxygen atoms in total. The largest absolute Gasteiger partial charge is 0.493 e. The fourth-order valence-electron chi connectivity index (χ4n) is 4.47. The topological polar surface area (TPSA) is 59.9 Å². The van der Waals surface area contributed by atoms with Gasteiger partial charge in [0.1, 0.15) is 5.00 Å². The van der Waals surface area contributed by atoms with Crippen LogP contribution in [-0.4, -0.2) is 31.9 Å². The summed E-state index contributed by atoms with van der Waals surface area (Å²) in [5.74, 6) is 0.149. The van der Waals surface area contributed by atoms with Crippen molar-refractivity contribution >= 4 is 28.5 Å². The minimum Gasteiger partial charge on any atom is -0.493 e. The molecule has 0 saturated heterocycles. The van der Waals surface area contributed by atoms with Gasteiger partial charge in [0.15, 0.2) is 11.5 Å². The molecule has 1 N–H and O–H groups in total. The molecular formula is C24H28F2N2O3S. The molecule has 0 bridgehead atoms. The van der Waals surface area contributed by atoms with E-state index in [9.17, 15) is 13.6 Å². The minimum absolute atomic E-state index is 0.0262. The van der Waals surface area contributed by atoms with Crippen LogP contribution in [-0.2, 0) is 12.8 Å². The van der Waals surface area contributed by atoms with Gasteiger partial charge in [-0.3, -0.25) is 4.79 Å². The van der Waals surface area contributed by atoms with E-state index in [4.69, 9.17) is 4.74 Å². The fraction of sp³-hybridized carbons (Fsp3) is 0.500. The van der Waals surface area contributed by atoms with E-state index in [-0.39, 0.29) is 23.4 Å². The molecule has 0 radical (unpaired) electrons. The first-order valence-electron chi connectivity index (χ1n) is 11.2. The number of methoxy groups -OCH3 is 1. The number of amides is 1. The van der Waals surface area contributed by atoms with Gasteiger partial charge >= 0.3 is 6.61 Å². The quantitative estimate of drug-likeness (QED) is 0.510. The van der Waals surface area contributed by atoms with E-state index in [0.717, 1.165) is 56.9 Å². The minimum atomic E-state index is -2.92. The molecule has 1 amide bonds. The summed E-state index contributed by atoms with van der Waals surface area (Å²) in [7, 11) is 1.40. The predicted octanol–water partition coefficient (Wildman–Crippen LogP) is 6.05. The van der Waals surface area contributed by atoms with Gasteiger partial charge in [0.05, 0.1) is 12.7 Å². The van der Waals surface area contributed by atoms with E-state index in [2.05, 4.69) is 15.0 Å². The molecule has 2 aliphatic carbocycles. The first kappa shape index (κ1) is 22.7. The van der Waals surface area contributed by atoms with E-state index in [0.29, 0.717) is 16.1 Å². The van der Waals surface area contributed by atoms with Crippen LogP contribution >= 0.6 is 11.3 Å². The highest BCUT2D eigenvalue weighted by atomic mass is 32.1. The first-order valence-corrected chi connectivity index (χ1v) is 12.0.